The summed E-state index contributed by atoms with van der Waals surface area (Å²) in [6.07, 6.45) is 12.1. The summed E-state index contributed by atoms with van der Waals surface area (Å²) in [5.41, 5.74) is 0.771. The second kappa shape index (κ2) is 9.42. The van der Waals surface area contributed by atoms with Crippen LogP contribution in [0.5, 0.6) is 0 Å². The summed E-state index contributed by atoms with van der Waals surface area (Å²) in [4.78, 5) is 12.2. The maximum atomic E-state index is 12.2. The fourth-order valence-electron chi connectivity index (χ4n) is 9.18. The molecule has 9 atom stereocenters. The highest BCUT2D eigenvalue weighted by Gasteiger charge is 2.60. The minimum Gasteiger partial charge on any atom is -0.393 e. The van der Waals surface area contributed by atoms with Crippen LogP contribution in [0.1, 0.15) is 91.4 Å². The molecule has 7 heteroatoms. The van der Waals surface area contributed by atoms with E-state index in [2.05, 4.69) is 26.1 Å². The van der Waals surface area contributed by atoms with Gasteiger partial charge in [-0.3, -0.25) is 9.35 Å². The first kappa shape index (κ1) is 25.4. The average molecular weight is 484 g/mol. The third kappa shape index (κ3) is 5.02. The van der Waals surface area contributed by atoms with Crippen molar-refractivity contribution in [2.24, 2.45) is 46.3 Å². The van der Waals surface area contributed by atoms with Crippen molar-refractivity contribution in [3.63, 3.8) is 0 Å². The number of amides is 1. The van der Waals surface area contributed by atoms with Crippen molar-refractivity contribution in [2.75, 3.05) is 12.3 Å². The lowest BCUT2D eigenvalue weighted by Gasteiger charge is -2.61. The zero-order valence-corrected chi connectivity index (χ0v) is 21.6. The number of fused-ring (bicyclic) bond motifs is 5. The van der Waals surface area contributed by atoms with Gasteiger partial charge in [-0.25, -0.2) is 0 Å². The Morgan fingerprint density at radius 3 is 2.45 bits per heavy atom. The first-order chi connectivity index (χ1) is 15.4. The third-order valence-electron chi connectivity index (χ3n) is 10.9. The number of aliphatic hydroxyl groups excluding tert-OH is 1. The molecule has 190 valence electrons. The van der Waals surface area contributed by atoms with Crippen LogP contribution in [-0.4, -0.2) is 42.4 Å². The number of rotatable bonds is 7. The van der Waals surface area contributed by atoms with Gasteiger partial charge in [-0.1, -0.05) is 20.8 Å². The zero-order valence-electron chi connectivity index (χ0n) is 20.8. The Labute approximate surface area is 200 Å². The number of carbonyl (C=O) groups is 1. The second-order valence-electron chi connectivity index (χ2n) is 12.5. The molecular weight excluding hydrogens is 438 g/mol. The van der Waals surface area contributed by atoms with Crippen LogP contribution in [0.3, 0.4) is 0 Å². The molecule has 4 saturated carbocycles. The standard InChI is InChI=1S/C26H45NO5S/c1-17(4-9-24(29)27-14-15-33(30,31)32)21-7-8-22-20-6-5-18-16-19(28)10-12-25(18,2)23(20)11-13-26(21,22)3/h17-23,28H,4-16H2,1-3H3,(H,27,29)(H,30,31,32)/t17?,18?,19?,20?,21?,22?,23?,25-,26+/m0/s1. The number of hydrogen-bond donors (Lipinski definition) is 3. The van der Waals surface area contributed by atoms with Crippen molar-refractivity contribution in [1.29, 1.82) is 0 Å². The normalized spacial score (nSPS) is 43.8. The fraction of sp³-hybridized carbons (Fsp3) is 0.962. The maximum Gasteiger partial charge on any atom is 0.266 e. The fourth-order valence-corrected chi connectivity index (χ4v) is 9.54. The van der Waals surface area contributed by atoms with Crippen molar-refractivity contribution < 1.29 is 22.9 Å². The van der Waals surface area contributed by atoms with Gasteiger partial charge in [-0.15, -0.1) is 0 Å². The topological polar surface area (TPSA) is 104 Å². The van der Waals surface area contributed by atoms with Gasteiger partial charge in [-0.2, -0.15) is 8.42 Å². The quantitative estimate of drug-likeness (QED) is 0.465. The summed E-state index contributed by atoms with van der Waals surface area (Å²) in [7, 11) is -4.04. The van der Waals surface area contributed by atoms with Crippen molar-refractivity contribution >= 4 is 16.0 Å². The Balaban J connectivity index is 1.35. The van der Waals surface area contributed by atoms with Crippen molar-refractivity contribution in [3.05, 3.63) is 0 Å². The highest BCUT2D eigenvalue weighted by molar-refractivity contribution is 7.85. The summed E-state index contributed by atoms with van der Waals surface area (Å²) in [6, 6.07) is 0. The molecule has 7 unspecified atom stereocenters. The Hall–Kier alpha value is -0.660. The van der Waals surface area contributed by atoms with Crippen LogP contribution in [0.4, 0.5) is 0 Å². The Morgan fingerprint density at radius 1 is 1.03 bits per heavy atom. The van der Waals surface area contributed by atoms with Crippen LogP contribution in [-0.2, 0) is 14.9 Å². The minimum absolute atomic E-state index is 0.0326. The highest BCUT2D eigenvalue weighted by atomic mass is 32.2. The molecule has 0 aromatic rings. The number of hydrogen-bond acceptors (Lipinski definition) is 4. The first-order valence-electron chi connectivity index (χ1n) is 13.3. The van der Waals surface area contributed by atoms with E-state index < -0.39 is 15.9 Å². The molecular formula is C26H45NO5S. The van der Waals surface area contributed by atoms with Crippen LogP contribution in [0.2, 0.25) is 0 Å². The summed E-state index contributed by atoms with van der Waals surface area (Å²) in [6.45, 7) is 7.34. The monoisotopic (exact) mass is 483 g/mol. The van der Waals surface area contributed by atoms with E-state index >= 15 is 0 Å². The SMILES string of the molecule is CC(CCC(=O)NCCS(=O)(=O)O)C1CCC2C3CCC4CC(O)CC[C@]4(C)C3CC[C@]12C. The van der Waals surface area contributed by atoms with E-state index in [-0.39, 0.29) is 18.6 Å². The Kier molecular flexibility index (Phi) is 7.26. The van der Waals surface area contributed by atoms with E-state index in [1.165, 1.54) is 44.9 Å². The van der Waals surface area contributed by atoms with E-state index in [1.807, 2.05) is 0 Å². The molecule has 0 aliphatic heterocycles. The molecule has 3 N–H and O–H groups in total. The first-order valence-corrected chi connectivity index (χ1v) is 14.9. The smallest absolute Gasteiger partial charge is 0.266 e. The van der Waals surface area contributed by atoms with Gasteiger partial charge in [0, 0.05) is 13.0 Å². The molecule has 0 saturated heterocycles. The van der Waals surface area contributed by atoms with E-state index in [0.29, 0.717) is 35.0 Å². The van der Waals surface area contributed by atoms with Gasteiger partial charge in [-0.05, 0) is 111 Å². The van der Waals surface area contributed by atoms with E-state index in [1.54, 1.807) is 0 Å². The van der Waals surface area contributed by atoms with Crippen LogP contribution in [0.25, 0.3) is 0 Å². The van der Waals surface area contributed by atoms with Crippen LogP contribution >= 0.6 is 0 Å². The predicted molar refractivity (Wildman–Crippen MR) is 129 cm³/mol. The number of carbonyl (C=O) groups excluding carboxylic acids is 1. The molecule has 4 aliphatic carbocycles. The Morgan fingerprint density at radius 2 is 1.73 bits per heavy atom. The molecule has 4 rings (SSSR count). The summed E-state index contributed by atoms with van der Waals surface area (Å²) in [5.74, 6) is 3.68. The molecule has 0 aromatic heterocycles. The molecule has 0 heterocycles. The molecule has 0 bridgehead atoms. The van der Waals surface area contributed by atoms with Crippen LogP contribution < -0.4 is 5.32 Å². The predicted octanol–water partition coefficient (Wildman–Crippen LogP) is 4.43. The lowest BCUT2D eigenvalue weighted by atomic mass is 9.44. The van der Waals surface area contributed by atoms with Gasteiger partial charge < -0.3 is 10.4 Å². The molecule has 6 nitrogen and oxygen atoms in total. The molecule has 33 heavy (non-hydrogen) atoms. The average Bonchev–Trinajstić information content (AvgIpc) is 3.09. The number of nitrogens with one attached hydrogen (secondary N) is 1. The molecule has 0 aromatic carbocycles. The lowest BCUT2D eigenvalue weighted by Crippen LogP contribution is -2.54. The van der Waals surface area contributed by atoms with Crippen LogP contribution in [0, 0.1) is 46.3 Å². The van der Waals surface area contributed by atoms with Crippen molar-refractivity contribution in [3.8, 4) is 0 Å². The van der Waals surface area contributed by atoms with Gasteiger partial charge in [0.05, 0.1) is 11.9 Å². The van der Waals surface area contributed by atoms with E-state index in [0.717, 1.165) is 37.0 Å². The molecule has 4 fully saturated rings. The van der Waals surface area contributed by atoms with Gasteiger partial charge in [0.2, 0.25) is 5.91 Å². The molecule has 0 radical (unpaired) electrons. The van der Waals surface area contributed by atoms with Gasteiger partial charge >= 0.3 is 0 Å². The highest BCUT2D eigenvalue weighted by Crippen LogP contribution is 2.68. The molecule has 4 aliphatic rings. The van der Waals surface area contributed by atoms with Gasteiger partial charge in [0.15, 0.2) is 0 Å². The third-order valence-corrected chi connectivity index (χ3v) is 11.6. The maximum absolute atomic E-state index is 12.2. The van der Waals surface area contributed by atoms with Gasteiger partial charge in [0.1, 0.15) is 0 Å². The van der Waals surface area contributed by atoms with Crippen LogP contribution in [0.15, 0.2) is 0 Å². The van der Waals surface area contributed by atoms with E-state index in [9.17, 15) is 18.3 Å². The lowest BCUT2D eigenvalue weighted by molar-refractivity contribution is -0.129. The van der Waals surface area contributed by atoms with Gasteiger partial charge in [0.25, 0.3) is 10.1 Å². The van der Waals surface area contributed by atoms with Crippen molar-refractivity contribution in [2.45, 2.75) is 97.5 Å². The molecule has 0 spiro atoms. The number of aliphatic hydroxyl groups is 1. The second-order valence-corrected chi connectivity index (χ2v) is 14.0. The largest absolute Gasteiger partial charge is 0.393 e. The summed E-state index contributed by atoms with van der Waals surface area (Å²) < 4.78 is 30.5. The zero-order chi connectivity index (χ0) is 24.0. The summed E-state index contributed by atoms with van der Waals surface area (Å²) in [5, 5.41) is 12.9. The minimum atomic E-state index is -4.04. The van der Waals surface area contributed by atoms with E-state index in [4.69, 9.17) is 4.55 Å². The Bertz CT molecular complexity index is 831. The van der Waals surface area contributed by atoms with Crippen molar-refractivity contribution in [1.82, 2.24) is 5.32 Å². The summed E-state index contributed by atoms with van der Waals surface area (Å²) >= 11 is 0. The molecule has 1 amide bonds.